The average molecular weight is 909 g/mol. The summed E-state index contributed by atoms with van der Waals surface area (Å²) in [6.45, 7) is 2.33. The minimum Gasteiger partial charge on any atom is -0.462 e. The van der Waals surface area contributed by atoms with Crippen LogP contribution in [0.15, 0.2) is 60.8 Å². The molecular formula is C52H93O10P. The molecule has 10 nitrogen and oxygen atoms in total. The van der Waals surface area contributed by atoms with Crippen LogP contribution in [-0.2, 0) is 32.7 Å². The minimum absolute atomic E-state index is 0.107. The molecule has 0 amide bonds. The highest BCUT2D eigenvalue weighted by atomic mass is 31.2. The van der Waals surface area contributed by atoms with Crippen LogP contribution < -0.4 is 0 Å². The summed E-state index contributed by atoms with van der Waals surface area (Å²) in [5, 5.41) is 18.4. The van der Waals surface area contributed by atoms with Crippen molar-refractivity contribution >= 4 is 19.8 Å². The van der Waals surface area contributed by atoms with Crippen LogP contribution in [0.3, 0.4) is 0 Å². The van der Waals surface area contributed by atoms with Gasteiger partial charge in [0.25, 0.3) is 0 Å². The fourth-order valence-electron chi connectivity index (χ4n) is 6.75. The molecule has 3 N–H and O–H groups in total. The van der Waals surface area contributed by atoms with E-state index in [-0.39, 0.29) is 19.4 Å². The Bertz CT molecular complexity index is 1230. The number of hydrogen-bond acceptors (Lipinski definition) is 9. The Morgan fingerprint density at radius 2 is 0.841 bits per heavy atom. The first-order valence-electron chi connectivity index (χ1n) is 25.2. The minimum atomic E-state index is -4.64. The van der Waals surface area contributed by atoms with Crippen LogP contribution in [0.25, 0.3) is 0 Å². The number of phosphoric acid groups is 1. The van der Waals surface area contributed by atoms with Crippen LogP contribution in [0.1, 0.15) is 219 Å². The number of aliphatic hydroxyl groups excluding tert-OH is 2. The molecule has 0 bridgehead atoms. The van der Waals surface area contributed by atoms with E-state index < -0.39 is 51.8 Å². The molecule has 0 radical (unpaired) electrons. The van der Waals surface area contributed by atoms with Gasteiger partial charge < -0.3 is 24.6 Å². The van der Waals surface area contributed by atoms with Gasteiger partial charge in [-0.2, -0.15) is 0 Å². The zero-order chi connectivity index (χ0) is 46.2. The molecule has 63 heavy (non-hydrogen) atoms. The SMILES string of the molecule is CCCCCCCC/C=C/CCCCCCCCCCCC(=O)OC[C@H](COP(=O)(O)OC[C@@H](O)CO)OC(=O)CCC/C=C/C/C=C/C/C=C/C/C=C/CCCCCCCCC. The van der Waals surface area contributed by atoms with Gasteiger partial charge in [-0.1, -0.05) is 190 Å². The smallest absolute Gasteiger partial charge is 0.462 e. The maximum absolute atomic E-state index is 12.6. The van der Waals surface area contributed by atoms with Gasteiger partial charge in [-0.3, -0.25) is 18.6 Å². The largest absolute Gasteiger partial charge is 0.472 e. The highest BCUT2D eigenvalue weighted by molar-refractivity contribution is 7.47. The lowest BCUT2D eigenvalue weighted by Crippen LogP contribution is -2.29. The molecule has 3 atom stereocenters. The number of aliphatic hydroxyl groups is 2. The van der Waals surface area contributed by atoms with Gasteiger partial charge >= 0.3 is 19.8 Å². The van der Waals surface area contributed by atoms with E-state index in [0.29, 0.717) is 19.3 Å². The molecule has 0 aliphatic heterocycles. The normalized spacial score (nSPS) is 14.2. The summed E-state index contributed by atoms with van der Waals surface area (Å²) in [5.74, 6) is -0.990. The van der Waals surface area contributed by atoms with Crippen LogP contribution in [-0.4, -0.2) is 65.7 Å². The van der Waals surface area contributed by atoms with E-state index in [2.05, 4.69) is 68.5 Å². The lowest BCUT2D eigenvalue weighted by molar-refractivity contribution is -0.161. The summed E-state index contributed by atoms with van der Waals surface area (Å²) in [5.41, 5.74) is 0. The molecule has 0 spiro atoms. The van der Waals surface area contributed by atoms with Gasteiger partial charge in [0.2, 0.25) is 0 Å². The molecule has 0 aliphatic rings. The molecule has 0 saturated heterocycles. The van der Waals surface area contributed by atoms with Crippen molar-refractivity contribution in [2.45, 2.75) is 232 Å². The fourth-order valence-corrected chi connectivity index (χ4v) is 7.54. The number of hydrogen-bond donors (Lipinski definition) is 3. The monoisotopic (exact) mass is 909 g/mol. The Labute approximate surface area is 385 Å². The lowest BCUT2D eigenvalue weighted by Gasteiger charge is -2.20. The lowest BCUT2D eigenvalue weighted by atomic mass is 10.1. The predicted octanol–water partition coefficient (Wildman–Crippen LogP) is 14.2. The van der Waals surface area contributed by atoms with Crippen molar-refractivity contribution in [2.75, 3.05) is 26.4 Å². The third-order valence-electron chi connectivity index (χ3n) is 10.6. The third-order valence-corrected chi connectivity index (χ3v) is 11.6. The first-order chi connectivity index (χ1) is 30.7. The summed E-state index contributed by atoms with van der Waals surface area (Å²) in [4.78, 5) is 35.1. The summed E-state index contributed by atoms with van der Waals surface area (Å²) >= 11 is 0. The first-order valence-corrected chi connectivity index (χ1v) is 26.7. The molecule has 0 saturated carbocycles. The maximum atomic E-state index is 12.6. The van der Waals surface area contributed by atoms with E-state index in [9.17, 15) is 24.2 Å². The Kier molecular flexibility index (Phi) is 45.9. The Hall–Kier alpha value is -2.33. The Morgan fingerprint density at radius 1 is 0.476 bits per heavy atom. The summed E-state index contributed by atoms with van der Waals surface area (Å²) in [7, 11) is -4.64. The Morgan fingerprint density at radius 3 is 1.30 bits per heavy atom. The molecule has 0 fully saturated rings. The predicted molar refractivity (Wildman–Crippen MR) is 260 cm³/mol. The van der Waals surface area contributed by atoms with Gasteiger partial charge in [0, 0.05) is 12.8 Å². The highest BCUT2D eigenvalue weighted by Crippen LogP contribution is 2.43. The van der Waals surface area contributed by atoms with Crippen LogP contribution in [0.2, 0.25) is 0 Å². The molecule has 1 unspecified atom stereocenters. The standard InChI is InChI=1S/C52H93O10P/c1-3-5-7-9-11-13-15-17-19-21-23-24-26-28-30-32-34-36-38-40-42-44-52(56)62-50(48-61-63(57,58)60-46-49(54)45-53)47-59-51(55)43-41-39-37-35-33-31-29-27-25-22-20-18-16-14-12-10-8-6-4-2/h18-21,24,26,30,32,36,38,49-50,53-54H,3-17,22-23,25,27-29,31,33-35,37,39-48H2,1-2H3,(H,57,58)/b20-18+,21-19+,26-24+,32-30+,38-36+/t49-,50+/m0/s1. The van der Waals surface area contributed by atoms with E-state index in [1.54, 1.807) is 0 Å². The molecule has 0 aromatic carbocycles. The zero-order valence-electron chi connectivity index (χ0n) is 40.0. The molecule has 0 rings (SSSR count). The van der Waals surface area contributed by atoms with Gasteiger partial charge in [0.15, 0.2) is 6.10 Å². The number of carbonyl (C=O) groups is 2. The fraction of sp³-hybridized carbons (Fsp3) is 0.769. The van der Waals surface area contributed by atoms with Crippen LogP contribution in [0.4, 0.5) is 0 Å². The Balaban J connectivity index is 4.30. The summed E-state index contributed by atoms with van der Waals surface area (Å²) in [6.07, 6.45) is 54.8. The molecule has 0 aliphatic carbocycles. The van der Waals surface area contributed by atoms with E-state index in [1.807, 2.05) is 6.08 Å². The molecule has 0 aromatic heterocycles. The van der Waals surface area contributed by atoms with Gasteiger partial charge in [0.1, 0.15) is 12.7 Å². The molecular weight excluding hydrogens is 816 g/mol. The van der Waals surface area contributed by atoms with Crippen molar-refractivity contribution in [1.29, 1.82) is 0 Å². The molecule has 11 heteroatoms. The summed E-state index contributed by atoms with van der Waals surface area (Å²) < 4.78 is 32.8. The first kappa shape index (κ1) is 60.7. The molecule has 0 heterocycles. The average Bonchev–Trinajstić information content (AvgIpc) is 3.27. The number of allylic oxidation sites excluding steroid dienone is 10. The van der Waals surface area contributed by atoms with E-state index >= 15 is 0 Å². The van der Waals surface area contributed by atoms with Gasteiger partial charge in [-0.25, -0.2) is 4.57 Å². The van der Waals surface area contributed by atoms with Crippen molar-refractivity contribution in [1.82, 2.24) is 0 Å². The highest BCUT2D eigenvalue weighted by Gasteiger charge is 2.27. The van der Waals surface area contributed by atoms with Gasteiger partial charge in [0.05, 0.1) is 19.8 Å². The van der Waals surface area contributed by atoms with Crippen molar-refractivity contribution < 1.29 is 47.8 Å². The van der Waals surface area contributed by atoms with Crippen LogP contribution >= 0.6 is 7.82 Å². The van der Waals surface area contributed by atoms with E-state index in [4.69, 9.17) is 23.6 Å². The zero-order valence-corrected chi connectivity index (χ0v) is 40.9. The van der Waals surface area contributed by atoms with Crippen molar-refractivity contribution in [3.8, 4) is 0 Å². The van der Waals surface area contributed by atoms with E-state index in [1.165, 1.54) is 135 Å². The van der Waals surface area contributed by atoms with Crippen LogP contribution in [0, 0.1) is 0 Å². The van der Waals surface area contributed by atoms with Crippen molar-refractivity contribution in [2.24, 2.45) is 0 Å². The number of ether oxygens (including phenoxy) is 2. The second kappa shape index (κ2) is 47.6. The number of carbonyl (C=O) groups excluding carboxylic acids is 2. The van der Waals surface area contributed by atoms with Crippen molar-refractivity contribution in [3.63, 3.8) is 0 Å². The van der Waals surface area contributed by atoms with Gasteiger partial charge in [-0.15, -0.1) is 0 Å². The van der Waals surface area contributed by atoms with E-state index in [0.717, 1.165) is 38.5 Å². The molecule has 0 aromatic rings. The number of unbranched alkanes of at least 4 members (excludes halogenated alkanes) is 23. The second-order valence-corrected chi connectivity index (χ2v) is 18.3. The summed E-state index contributed by atoms with van der Waals surface area (Å²) in [6, 6.07) is 0. The van der Waals surface area contributed by atoms with Crippen molar-refractivity contribution in [3.05, 3.63) is 60.8 Å². The second-order valence-electron chi connectivity index (χ2n) is 16.8. The number of rotatable bonds is 47. The third kappa shape index (κ3) is 47.5. The molecule has 366 valence electrons. The maximum Gasteiger partial charge on any atom is 0.472 e. The quantitative estimate of drug-likeness (QED) is 0.0233. The number of phosphoric ester groups is 1. The van der Waals surface area contributed by atoms with Gasteiger partial charge in [-0.05, 0) is 77.0 Å². The van der Waals surface area contributed by atoms with Crippen LogP contribution in [0.5, 0.6) is 0 Å². The number of esters is 2. The topological polar surface area (TPSA) is 149 Å².